The van der Waals surface area contributed by atoms with Gasteiger partial charge >= 0.3 is 0 Å². The molecule has 2 aliphatic heterocycles. The van der Waals surface area contributed by atoms with Crippen LogP contribution in [0.4, 0.5) is 5.69 Å². The van der Waals surface area contributed by atoms with Gasteiger partial charge in [0, 0.05) is 23.9 Å². The lowest BCUT2D eigenvalue weighted by molar-refractivity contribution is -0.132. The van der Waals surface area contributed by atoms with E-state index in [-0.39, 0.29) is 17.4 Å². The number of benzene rings is 2. The van der Waals surface area contributed by atoms with Crippen LogP contribution < -0.4 is 9.64 Å². The predicted molar refractivity (Wildman–Crippen MR) is 125 cm³/mol. The molecule has 0 radical (unpaired) electrons. The van der Waals surface area contributed by atoms with E-state index in [1.54, 1.807) is 36.5 Å². The number of ketones is 1. The highest BCUT2D eigenvalue weighted by Crippen LogP contribution is 2.42. The Balaban J connectivity index is 1.69. The Morgan fingerprint density at radius 3 is 2.61 bits per heavy atom. The number of fused-ring (bicyclic) bond motifs is 1. The van der Waals surface area contributed by atoms with Gasteiger partial charge in [-0.25, -0.2) is 0 Å². The predicted octanol–water partition coefficient (Wildman–Crippen LogP) is 4.65. The molecule has 3 aromatic rings. The summed E-state index contributed by atoms with van der Waals surface area (Å²) in [5.41, 5.74) is 4.65. The zero-order valence-electron chi connectivity index (χ0n) is 18.7. The van der Waals surface area contributed by atoms with E-state index in [1.807, 2.05) is 45.0 Å². The Kier molecular flexibility index (Phi) is 5.01. The largest absolute Gasteiger partial charge is 0.507 e. The molecule has 6 heteroatoms. The molecule has 6 nitrogen and oxygen atoms in total. The Morgan fingerprint density at radius 2 is 1.88 bits per heavy atom. The molecule has 1 aromatic heterocycles. The Hall–Kier alpha value is -3.93. The zero-order valence-corrected chi connectivity index (χ0v) is 18.7. The molecule has 1 amide bonds. The third-order valence-electron chi connectivity index (χ3n) is 6.35. The van der Waals surface area contributed by atoms with Crippen LogP contribution in [0.5, 0.6) is 5.75 Å². The maximum absolute atomic E-state index is 13.3. The van der Waals surface area contributed by atoms with Crippen molar-refractivity contribution in [1.82, 2.24) is 4.98 Å². The van der Waals surface area contributed by atoms with Crippen LogP contribution in [0, 0.1) is 13.8 Å². The number of anilines is 1. The highest BCUT2D eigenvalue weighted by Gasteiger charge is 2.47. The number of aliphatic hydroxyl groups excluding tert-OH is 1. The van der Waals surface area contributed by atoms with Crippen molar-refractivity contribution >= 4 is 23.1 Å². The Bertz CT molecular complexity index is 1310. The molecule has 1 saturated heterocycles. The van der Waals surface area contributed by atoms with Crippen LogP contribution in [0.2, 0.25) is 0 Å². The number of nitrogens with zero attached hydrogens (tertiary/aromatic N) is 2. The molecule has 0 spiro atoms. The molecule has 0 saturated carbocycles. The molecule has 2 aliphatic rings. The van der Waals surface area contributed by atoms with Crippen LogP contribution in [-0.4, -0.2) is 27.9 Å². The van der Waals surface area contributed by atoms with Crippen LogP contribution in [0.15, 0.2) is 66.4 Å². The lowest BCUT2D eigenvalue weighted by Gasteiger charge is -2.25. The number of amides is 1. The van der Waals surface area contributed by atoms with Crippen molar-refractivity contribution in [2.45, 2.75) is 39.3 Å². The van der Waals surface area contributed by atoms with Crippen molar-refractivity contribution in [2.24, 2.45) is 0 Å². The monoisotopic (exact) mass is 440 g/mol. The number of Topliss-reactive ketones (excluding diaryl/α,β-unsaturated/α-hetero) is 1. The molecule has 2 unspecified atom stereocenters. The second-order valence-corrected chi connectivity index (χ2v) is 8.65. The summed E-state index contributed by atoms with van der Waals surface area (Å²) in [6.07, 6.45) is 2.39. The van der Waals surface area contributed by atoms with Crippen molar-refractivity contribution < 1.29 is 19.4 Å². The number of carbonyl (C=O) groups is 2. The lowest BCUT2D eigenvalue weighted by atomic mass is 9.96. The molecule has 5 rings (SSSR count). The number of carbonyl (C=O) groups excluding carboxylic acids is 2. The third-order valence-corrected chi connectivity index (χ3v) is 6.35. The first-order chi connectivity index (χ1) is 15.8. The molecular formula is C27H24N2O4. The molecule has 33 heavy (non-hydrogen) atoms. The number of pyridine rings is 1. The van der Waals surface area contributed by atoms with Gasteiger partial charge in [-0.1, -0.05) is 12.1 Å². The highest BCUT2D eigenvalue weighted by molar-refractivity contribution is 6.51. The fraction of sp³-hybridized carbons (Fsp3) is 0.222. The van der Waals surface area contributed by atoms with E-state index >= 15 is 0 Å². The number of hydrogen-bond donors (Lipinski definition) is 1. The summed E-state index contributed by atoms with van der Waals surface area (Å²) in [6, 6.07) is 15.4. The number of aromatic nitrogens is 1. The number of aliphatic hydroxyl groups is 1. The lowest BCUT2D eigenvalue weighted by Crippen LogP contribution is -2.29. The third kappa shape index (κ3) is 3.48. The summed E-state index contributed by atoms with van der Waals surface area (Å²) in [5.74, 6) is -0.853. The minimum atomic E-state index is -0.836. The van der Waals surface area contributed by atoms with E-state index in [0.29, 0.717) is 16.9 Å². The molecule has 166 valence electrons. The first-order valence-electron chi connectivity index (χ1n) is 10.9. The smallest absolute Gasteiger partial charge is 0.300 e. The fourth-order valence-corrected chi connectivity index (χ4v) is 4.52. The topological polar surface area (TPSA) is 79.7 Å². The molecule has 2 atom stereocenters. The van der Waals surface area contributed by atoms with E-state index in [0.717, 1.165) is 28.9 Å². The second kappa shape index (κ2) is 7.89. The van der Waals surface area contributed by atoms with Crippen molar-refractivity contribution in [2.75, 3.05) is 4.90 Å². The normalized spacial score (nSPS) is 21.2. The van der Waals surface area contributed by atoms with Gasteiger partial charge in [-0.3, -0.25) is 19.5 Å². The quantitative estimate of drug-likeness (QED) is 0.364. The van der Waals surface area contributed by atoms with Crippen LogP contribution >= 0.6 is 0 Å². The van der Waals surface area contributed by atoms with Crippen molar-refractivity contribution in [3.8, 4) is 5.75 Å². The van der Waals surface area contributed by atoms with Crippen LogP contribution in [0.1, 0.15) is 40.9 Å². The Labute approximate surface area is 192 Å². The van der Waals surface area contributed by atoms with E-state index in [9.17, 15) is 14.7 Å². The minimum absolute atomic E-state index is 0.0313. The summed E-state index contributed by atoms with van der Waals surface area (Å²) < 4.78 is 5.75. The van der Waals surface area contributed by atoms with E-state index in [1.165, 1.54) is 4.90 Å². The van der Waals surface area contributed by atoms with Gasteiger partial charge < -0.3 is 9.84 Å². The van der Waals surface area contributed by atoms with E-state index < -0.39 is 17.7 Å². The van der Waals surface area contributed by atoms with Gasteiger partial charge in [0.05, 0.1) is 11.3 Å². The van der Waals surface area contributed by atoms with Gasteiger partial charge in [0.1, 0.15) is 23.7 Å². The first-order valence-corrected chi connectivity index (χ1v) is 10.9. The molecule has 1 N–H and O–H groups in total. The van der Waals surface area contributed by atoms with Gasteiger partial charge in [-0.05, 0) is 79.9 Å². The number of rotatable bonds is 3. The van der Waals surface area contributed by atoms with Gasteiger partial charge in [-0.15, -0.1) is 0 Å². The summed E-state index contributed by atoms with van der Waals surface area (Å²) in [5, 5.41) is 11.3. The Morgan fingerprint density at radius 1 is 1.06 bits per heavy atom. The molecule has 3 heterocycles. The molecule has 0 aliphatic carbocycles. The summed E-state index contributed by atoms with van der Waals surface area (Å²) in [6.45, 7) is 5.93. The van der Waals surface area contributed by atoms with Crippen LogP contribution in [-0.2, 0) is 16.0 Å². The van der Waals surface area contributed by atoms with Gasteiger partial charge in [0.15, 0.2) is 0 Å². The molecular weight excluding hydrogens is 416 g/mol. The van der Waals surface area contributed by atoms with E-state index in [4.69, 9.17) is 4.74 Å². The van der Waals surface area contributed by atoms with Crippen molar-refractivity contribution in [1.29, 1.82) is 0 Å². The van der Waals surface area contributed by atoms with Crippen molar-refractivity contribution in [3.63, 3.8) is 0 Å². The average Bonchev–Trinajstić information content (AvgIpc) is 3.31. The van der Waals surface area contributed by atoms with Gasteiger partial charge in [0.2, 0.25) is 0 Å². The van der Waals surface area contributed by atoms with E-state index in [2.05, 4.69) is 4.98 Å². The van der Waals surface area contributed by atoms with Gasteiger partial charge in [0.25, 0.3) is 11.7 Å². The standard InChI is InChI=1S/C27H24N2O4/c1-15-7-9-20(12-16(15)2)29-24(21-6-4-5-11-28-21)23(26(31)27(29)32)25(30)18-8-10-22-19(14-18)13-17(3)33-22/h4-12,14,17,24,30H,13H2,1-3H3/b25-23-. The zero-order chi connectivity index (χ0) is 23.3. The number of ether oxygens (including phenoxy) is 1. The van der Waals surface area contributed by atoms with Crippen molar-refractivity contribution in [3.05, 3.63) is 94.3 Å². The molecule has 0 bridgehead atoms. The maximum Gasteiger partial charge on any atom is 0.300 e. The minimum Gasteiger partial charge on any atom is -0.507 e. The summed E-state index contributed by atoms with van der Waals surface area (Å²) in [4.78, 5) is 32.4. The summed E-state index contributed by atoms with van der Waals surface area (Å²) in [7, 11) is 0. The first kappa shape index (κ1) is 20.9. The maximum atomic E-state index is 13.3. The molecule has 2 aromatic carbocycles. The highest BCUT2D eigenvalue weighted by atomic mass is 16.5. The van der Waals surface area contributed by atoms with Gasteiger partial charge in [-0.2, -0.15) is 0 Å². The summed E-state index contributed by atoms with van der Waals surface area (Å²) >= 11 is 0. The molecule has 1 fully saturated rings. The average molecular weight is 440 g/mol. The number of hydrogen-bond acceptors (Lipinski definition) is 5. The SMILES string of the molecule is Cc1ccc(N2C(=O)C(=O)/C(=C(\O)c3ccc4c(c3)CC(C)O4)C2c2ccccn2)cc1C. The fourth-order valence-electron chi connectivity index (χ4n) is 4.52. The van der Waals surface area contributed by atoms with Crippen LogP contribution in [0.25, 0.3) is 5.76 Å². The second-order valence-electron chi connectivity index (χ2n) is 8.65. The van der Waals surface area contributed by atoms with Crippen LogP contribution in [0.3, 0.4) is 0 Å². The number of aryl methyl sites for hydroxylation is 2.